The molecule has 0 unspecified atom stereocenters. The van der Waals surface area contributed by atoms with Crippen LogP contribution in [-0.4, -0.2) is 0 Å². The third kappa shape index (κ3) is 31.3. The lowest BCUT2D eigenvalue weighted by Gasteiger charge is -2.17. The Hall–Kier alpha value is -0.720. The predicted molar refractivity (Wildman–Crippen MR) is 125 cm³/mol. The van der Waals surface area contributed by atoms with Crippen LogP contribution < -0.4 is 23.2 Å². The molecule has 0 radical (unpaired) electrons. The third-order valence-corrected chi connectivity index (χ3v) is 6.05. The molecule has 0 spiro atoms. The molecule has 1 rings (SSSR count). The van der Waals surface area contributed by atoms with Crippen LogP contribution in [0.2, 0.25) is 0 Å². The zero-order chi connectivity index (χ0) is 24.5. The molecule has 1 aromatic rings. The van der Waals surface area contributed by atoms with Gasteiger partial charge in [0, 0.05) is 18.6 Å². The smallest absolute Gasteiger partial charge is 0.168 e. The van der Waals surface area contributed by atoms with Crippen molar-refractivity contribution in [3.05, 3.63) is 30.6 Å². The van der Waals surface area contributed by atoms with Crippen molar-refractivity contribution in [3.63, 3.8) is 0 Å². The van der Waals surface area contributed by atoms with Gasteiger partial charge in [0.2, 0.25) is 0 Å². The molecular formula is C27H50ClNO4. The number of hydrogen-bond acceptors (Lipinski definition) is 4. The van der Waals surface area contributed by atoms with Crippen molar-refractivity contribution < 1.29 is 33.4 Å². The van der Waals surface area contributed by atoms with Crippen LogP contribution in [0.1, 0.15) is 135 Å². The summed E-state index contributed by atoms with van der Waals surface area (Å²) in [4.78, 5) is 0. The second kappa shape index (κ2) is 24.4. The Labute approximate surface area is 206 Å². The van der Waals surface area contributed by atoms with E-state index in [0.717, 1.165) is 0 Å². The lowest BCUT2D eigenvalue weighted by atomic mass is 10.0. The van der Waals surface area contributed by atoms with E-state index in [9.17, 15) is 0 Å². The standard InChI is InChI=1S/C27H50N.ClHO4/c1-2-3-4-5-6-7-8-9-10-11-12-13-14-15-16-17-18-19-20-22-25-28-26-23-21-24-27-28;2-1(3,4)5/h21,23-24,26-27H,2-20,22,25H2,1H3;(H,2,3,4,5)/q+1;/p-1. The van der Waals surface area contributed by atoms with Crippen LogP contribution in [0.25, 0.3) is 0 Å². The van der Waals surface area contributed by atoms with E-state index in [1.165, 1.54) is 135 Å². The van der Waals surface area contributed by atoms with Gasteiger partial charge >= 0.3 is 0 Å². The maximum absolute atomic E-state index is 8.49. The highest BCUT2D eigenvalue weighted by Crippen LogP contribution is 2.14. The fourth-order valence-corrected chi connectivity index (χ4v) is 4.13. The molecule has 0 aromatic carbocycles. The maximum atomic E-state index is 8.49. The summed E-state index contributed by atoms with van der Waals surface area (Å²) in [6.07, 6.45) is 33.4. The van der Waals surface area contributed by atoms with Crippen LogP contribution in [0.4, 0.5) is 0 Å². The van der Waals surface area contributed by atoms with E-state index in [-0.39, 0.29) is 0 Å². The summed E-state index contributed by atoms with van der Waals surface area (Å²) in [5.41, 5.74) is 0. The third-order valence-electron chi connectivity index (χ3n) is 6.05. The van der Waals surface area contributed by atoms with Gasteiger partial charge in [0.1, 0.15) is 6.54 Å². The van der Waals surface area contributed by atoms with Gasteiger partial charge in [0.25, 0.3) is 0 Å². The molecule has 0 aliphatic carbocycles. The van der Waals surface area contributed by atoms with Gasteiger partial charge < -0.3 is 0 Å². The minimum absolute atomic E-state index is 1.18. The summed E-state index contributed by atoms with van der Waals surface area (Å²) < 4.78 is 36.3. The Morgan fingerprint density at radius 2 is 0.727 bits per heavy atom. The van der Waals surface area contributed by atoms with E-state index in [4.69, 9.17) is 18.6 Å². The molecule has 0 N–H and O–H groups in total. The first-order chi connectivity index (χ1) is 15.9. The normalized spacial score (nSPS) is 11.3. The highest BCUT2D eigenvalue weighted by atomic mass is 35.7. The number of halogens is 1. The fourth-order valence-electron chi connectivity index (χ4n) is 4.13. The molecule has 5 nitrogen and oxygen atoms in total. The van der Waals surface area contributed by atoms with Gasteiger partial charge in [0.05, 0.1) is 0 Å². The second-order valence-electron chi connectivity index (χ2n) is 9.21. The van der Waals surface area contributed by atoms with E-state index in [0.29, 0.717) is 0 Å². The van der Waals surface area contributed by atoms with E-state index < -0.39 is 10.2 Å². The molecule has 0 fully saturated rings. The topological polar surface area (TPSA) is 96.1 Å². The van der Waals surface area contributed by atoms with Crippen molar-refractivity contribution in [2.75, 3.05) is 0 Å². The molecule has 0 aliphatic rings. The molecule has 6 heteroatoms. The quantitative estimate of drug-likeness (QED) is 0.193. The van der Waals surface area contributed by atoms with Gasteiger partial charge in [0.15, 0.2) is 12.4 Å². The SMILES string of the molecule is CCCCCCCCCCCCCCCCCCCCCC[n+]1ccccc1.[O-][Cl+3]([O-])([O-])[O-]. The van der Waals surface area contributed by atoms with E-state index in [1.54, 1.807) is 0 Å². The van der Waals surface area contributed by atoms with Crippen molar-refractivity contribution in [2.24, 2.45) is 0 Å². The van der Waals surface area contributed by atoms with Crippen molar-refractivity contribution in [1.29, 1.82) is 0 Å². The second-order valence-corrected chi connectivity index (χ2v) is 9.96. The number of aromatic nitrogens is 1. The summed E-state index contributed by atoms with van der Waals surface area (Å²) in [5, 5.41) is 0. The van der Waals surface area contributed by atoms with Crippen LogP contribution >= 0.6 is 0 Å². The van der Waals surface area contributed by atoms with E-state index >= 15 is 0 Å². The minimum Gasteiger partial charge on any atom is -0.222 e. The average molecular weight is 488 g/mol. The van der Waals surface area contributed by atoms with Gasteiger partial charge in [-0.05, 0) is 6.42 Å². The van der Waals surface area contributed by atoms with Crippen LogP contribution in [-0.2, 0) is 6.54 Å². The number of pyridine rings is 1. The number of rotatable bonds is 21. The minimum atomic E-state index is -4.94. The number of unbranched alkanes of at least 4 members (excludes halogenated alkanes) is 19. The Kier molecular flexibility index (Phi) is 23.9. The lowest BCUT2D eigenvalue weighted by Crippen LogP contribution is -2.68. The zero-order valence-corrected chi connectivity index (χ0v) is 22.0. The highest BCUT2D eigenvalue weighted by molar-refractivity contribution is 4.83. The van der Waals surface area contributed by atoms with Gasteiger partial charge in [-0.15, -0.1) is 10.2 Å². The van der Waals surface area contributed by atoms with Crippen molar-refractivity contribution in [3.8, 4) is 0 Å². The summed E-state index contributed by atoms with van der Waals surface area (Å²) >= 11 is 0. The first-order valence-corrected chi connectivity index (χ1v) is 14.7. The summed E-state index contributed by atoms with van der Waals surface area (Å²) in [5.74, 6) is 0. The molecule has 0 aliphatic heterocycles. The number of nitrogens with zero attached hydrogens (tertiary/aromatic N) is 1. The Morgan fingerprint density at radius 1 is 0.455 bits per heavy atom. The van der Waals surface area contributed by atoms with Crippen LogP contribution in [0.3, 0.4) is 0 Å². The lowest BCUT2D eigenvalue weighted by molar-refractivity contribution is -2.00. The molecule has 0 bridgehead atoms. The van der Waals surface area contributed by atoms with Gasteiger partial charge in [-0.2, -0.15) is 0 Å². The largest absolute Gasteiger partial charge is 0.222 e. The number of aryl methyl sites for hydroxylation is 1. The van der Waals surface area contributed by atoms with Gasteiger partial charge in [-0.1, -0.05) is 129 Å². The maximum Gasteiger partial charge on any atom is 0.168 e. The van der Waals surface area contributed by atoms with Gasteiger partial charge in [-0.3, -0.25) is 0 Å². The summed E-state index contributed by atoms with van der Waals surface area (Å²) in [7, 11) is -4.94. The predicted octanol–water partition coefficient (Wildman–Crippen LogP) is 4.04. The van der Waals surface area contributed by atoms with E-state index in [2.05, 4.69) is 42.1 Å². The Balaban J connectivity index is 0.00000184. The first kappa shape index (κ1) is 32.3. The monoisotopic (exact) mass is 487 g/mol. The zero-order valence-electron chi connectivity index (χ0n) is 21.2. The Morgan fingerprint density at radius 3 is 1.03 bits per heavy atom. The molecule has 1 heterocycles. The molecule has 194 valence electrons. The van der Waals surface area contributed by atoms with Crippen LogP contribution in [0, 0.1) is 10.2 Å². The Bertz CT molecular complexity index is 491. The summed E-state index contributed by atoms with van der Waals surface area (Å²) in [6.45, 7) is 3.48. The molecule has 0 saturated heterocycles. The van der Waals surface area contributed by atoms with Crippen molar-refractivity contribution in [1.82, 2.24) is 0 Å². The van der Waals surface area contributed by atoms with Crippen molar-refractivity contribution >= 4 is 0 Å². The van der Waals surface area contributed by atoms with Crippen LogP contribution in [0.15, 0.2) is 30.6 Å². The van der Waals surface area contributed by atoms with Crippen LogP contribution in [0.5, 0.6) is 0 Å². The molecular weight excluding hydrogens is 438 g/mol. The fraction of sp³-hybridized carbons (Fsp3) is 0.815. The molecule has 0 amide bonds. The highest BCUT2D eigenvalue weighted by Gasteiger charge is 1.98. The van der Waals surface area contributed by atoms with Crippen molar-refractivity contribution in [2.45, 2.75) is 142 Å². The first-order valence-electron chi connectivity index (χ1n) is 13.5. The average Bonchev–Trinajstić information content (AvgIpc) is 2.77. The number of hydrogen-bond donors (Lipinski definition) is 0. The molecule has 1 aromatic heterocycles. The molecule has 33 heavy (non-hydrogen) atoms. The summed E-state index contributed by atoms with van der Waals surface area (Å²) in [6, 6.07) is 6.33. The molecule has 0 atom stereocenters. The van der Waals surface area contributed by atoms with E-state index in [1.807, 2.05) is 0 Å². The molecule has 0 saturated carbocycles. The van der Waals surface area contributed by atoms with Gasteiger partial charge in [-0.25, -0.2) is 23.2 Å².